The van der Waals surface area contributed by atoms with Gasteiger partial charge in [-0.3, -0.25) is 19.3 Å². The summed E-state index contributed by atoms with van der Waals surface area (Å²) in [7, 11) is 1.60. The first-order valence-corrected chi connectivity index (χ1v) is 11.1. The monoisotopic (exact) mass is 453 g/mol. The van der Waals surface area contributed by atoms with Crippen LogP contribution < -0.4 is 10.2 Å². The highest BCUT2D eigenvalue weighted by atomic mass is 16.2. The van der Waals surface area contributed by atoms with Crippen molar-refractivity contribution < 1.29 is 14.4 Å². The van der Waals surface area contributed by atoms with E-state index < -0.39 is 0 Å². The number of fused-ring (bicyclic) bond motifs is 1. The zero-order valence-corrected chi connectivity index (χ0v) is 18.9. The summed E-state index contributed by atoms with van der Waals surface area (Å²) in [6.45, 7) is 1.49. The van der Waals surface area contributed by atoms with Gasteiger partial charge in [-0.25, -0.2) is 9.50 Å². The number of anilines is 1. The van der Waals surface area contributed by atoms with Crippen LogP contribution in [0.5, 0.6) is 0 Å². The lowest BCUT2D eigenvalue weighted by atomic mass is 10.0. The van der Waals surface area contributed by atoms with Crippen LogP contribution in [-0.2, 0) is 0 Å². The number of pyridine rings is 2. The second-order valence-corrected chi connectivity index (χ2v) is 8.33. The number of hydrogen-bond donors (Lipinski definition) is 1. The zero-order chi connectivity index (χ0) is 23.8. The topological polar surface area (TPSA) is 96.7 Å². The molecule has 5 rings (SSSR count). The Morgan fingerprint density at radius 3 is 2.32 bits per heavy atom. The van der Waals surface area contributed by atoms with Gasteiger partial charge < -0.3 is 5.32 Å². The number of nitrogens with one attached hydrogen (secondary N) is 1. The fourth-order valence-electron chi connectivity index (χ4n) is 3.95. The van der Waals surface area contributed by atoms with Crippen LogP contribution in [0.3, 0.4) is 0 Å². The number of carbonyl (C=O) groups is 3. The number of Topliss-reactive ketones (excluding diaryl/α,β-unsaturated/α-hetero) is 1. The van der Waals surface area contributed by atoms with Crippen molar-refractivity contribution in [3.63, 3.8) is 0 Å². The molecule has 4 aromatic rings. The SMILES string of the molecule is CNC(=O)c1ccc(-c2cnn3ccc(C(=O)N(c4ccc(C(C)=O)cn4)C4CC4)cc23)cc1. The first-order valence-electron chi connectivity index (χ1n) is 11.1. The predicted molar refractivity (Wildman–Crippen MR) is 128 cm³/mol. The van der Waals surface area contributed by atoms with Crippen LogP contribution in [0.4, 0.5) is 5.82 Å². The molecular weight excluding hydrogens is 430 g/mol. The van der Waals surface area contributed by atoms with Crippen LogP contribution in [0.2, 0.25) is 0 Å². The van der Waals surface area contributed by atoms with E-state index in [1.54, 1.807) is 59.2 Å². The molecule has 34 heavy (non-hydrogen) atoms. The van der Waals surface area contributed by atoms with Crippen molar-refractivity contribution in [2.75, 3.05) is 11.9 Å². The summed E-state index contributed by atoms with van der Waals surface area (Å²) in [5.74, 6) is 0.181. The number of ketones is 1. The van der Waals surface area contributed by atoms with Gasteiger partial charge in [-0.2, -0.15) is 5.10 Å². The summed E-state index contributed by atoms with van der Waals surface area (Å²) >= 11 is 0. The molecule has 0 spiro atoms. The molecule has 0 aliphatic heterocycles. The number of carbonyl (C=O) groups excluding carboxylic acids is 3. The summed E-state index contributed by atoms with van der Waals surface area (Å²) in [4.78, 5) is 43.1. The van der Waals surface area contributed by atoms with Gasteiger partial charge in [0, 0.05) is 47.7 Å². The standard InChI is InChI=1S/C26H23N5O3/c1-16(32)20-7-10-24(28-14-20)31(21-8-9-21)26(34)19-11-12-30-23(13-19)22(15-29-30)17-3-5-18(6-4-17)25(33)27-2/h3-7,10-15,21H,8-9H2,1-2H3,(H,27,33). The first-order chi connectivity index (χ1) is 16.5. The largest absolute Gasteiger partial charge is 0.355 e. The highest BCUT2D eigenvalue weighted by molar-refractivity contribution is 6.07. The zero-order valence-electron chi connectivity index (χ0n) is 18.9. The number of rotatable bonds is 6. The number of aromatic nitrogens is 3. The highest BCUT2D eigenvalue weighted by Crippen LogP contribution is 2.33. The van der Waals surface area contributed by atoms with Gasteiger partial charge in [0.1, 0.15) is 5.82 Å². The van der Waals surface area contributed by atoms with Gasteiger partial charge in [-0.1, -0.05) is 12.1 Å². The molecule has 3 heterocycles. The summed E-state index contributed by atoms with van der Waals surface area (Å²) in [6, 6.07) is 14.4. The van der Waals surface area contributed by atoms with E-state index >= 15 is 0 Å². The molecule has 170 valence electrons. The van der Waals surface area contributed by atoms with E-state index in [-0.39, 0.29) is 23.6 Å². The molecule has 8 heteroatoms. The molecule has 0 radical (unpaired) electrons. The van der Waals surface area contributed by atoms with Gasteiger partial charge >= 0.3 is 0 Å². The van der Waals surface area contributed by atoms with Crippen molar-refractivity contribution in [1.82, 2.24) is 19.9 Å². The third kappa shape index (κ3) is 3.94. The molecule has 1 fully saturated rings. The molecule has 3 aromatic heterocycles. The molecule has 0 saturated heterocycles. The van der Waals surface area contributed by atoms with Gasteiger partial charge in [0.25, 0.3) is 11.8 Å². The fourth-order valence-corrected chi connectivity index (χ4v) is 3.95. The Morgan fingerprint density at radius 2 is 1.71 bits per heavy atom. The number of hydrogen-bond acceptors (Lipinski definition) is 5. The van der Waals surface area contributed by atoms with Crippen LogP contribution in [-0.4, -0.2) is 45.3 Å². The van der Waals surface area contributed by atoms with E-state index in [1.165, 1.54) is 13.1 Å². The lowest BCUT2D eigenvalue weighted by Gasteiger charge is -2.21. The maximum absolute atomic E-state index is 13.6. The molecule has 0 unspecified atom stereocenters. The van der Waals surface area contributed by atoms with Crippen molar-refractivity contribution >= 4 is 28.9 Å². The Kier molecular flexibility index (Phi) is 5.41. The van der Waals surface area contributed by atoms with Crippen molar-refractivity contribution in [1.29, 1.82) is 0 Å². The molecule has 2 amide bonds. The van der Waals surface area contributed by atoms with E-state index in [9.17, 15) is 14.4 Å². The Morgan fingerprint density at radius 1 is 0.971 bits per heavy atom. The molecule has 1 saturated carbocycles. The van der Waals surface area contributed by atoms with E-state index in [2.05, 4.69) is 15.4 Å². The van der Waals surface area contributed by atoms with Gasteiger partial charge in [0.2, 0.25) is 0 Å². The van der Waals surface area contributed by atoms with Gasteiger partial charge in [0.15, 0.2) is 5.78 Å². The van der Waals surface area contributed by atoms with Crippen molar-refractivity contribution in [3.8, 4) is 11.1 Å². The third-order valence-corrected chi connectivity index (χ3v) is 5.99. The van der Waals surface area contributed by atoms with Crippen molar-refractivity contribution in [3.05, 3.63) is 83.8 Å². The molecule has 0 atom stereocenters. The Hall–Kier alpha value is -4.33. The van der Waals surface area contributed by atoms with Crippen LogP contribution in [0.25, 0.3) is 16.6 Å². The van der Waals surface area contributed by atoms with Gasteiger partial charge in [-0.15, -0.1) is 0 Å². The molecule has 1 aliphatic carbocycles. The quantitative estimate of drug-likeness (QED) is 0.448. The van der Waals surface area contributed by atoms with Crippen molar-refractivity contribution in [2.24, 2.45) is 0 Å². The molecule has 1 aromatic carbocycles. The number of benzene rings is 1. The van der Waals surface area contributed by atoms with E-state index in [0.717, 1.165) is 29.5 Å². The minimum absolute atomic E-state index is 0.0644. The number of nitrogens with zero attached hydrogens (tertiary/aromatic N) is 4. The second kappa shape index (κ2) is 8.55. The smallest absolute Gasteiger partial charge is 0.259 e. The lowest BCUT2D eigenvalue weighted by Crippen LogP contribution is -2.33. The predicted octanol–water partition coefficient (Wildman–Crippen LogP) is 3.77. The van der Waals surface area contributed by atoms with Gasteiger partial charge in [-0.05, 0) is 61.7 Å². The number of amides is 2. The molecule has 0 bridgehead atoms. The van der Waals surface area contributed by atoms with Crippen LogP contribution in [0.1, 0.15) is 50.8 Å². The first kappa shape index (κ1) is 21.5. The molecule has 1 N–H and O–H groups in total. The fraction of sp³-hybridized carbons (Fsp3) is 0.192. The Bertz CT molecular complexity index is 1400. The van der Waals surface area contributed by atoms with E-state index in [4.69, 9.17) is 0 Å². The minimum Gasteiger partial charge on any atom is -0.355 e. The molecule has 8 nitrogen and oxygen atoms in total. The normalized spacial score (nSPS) is 13.0. The van der Waals surface area contributed by atoms with Crippen LogP contribution in [0.15, 0.2) is 67.1 Å². The van der Waals surface area contributed by atoms with E-state index in [1.807, 2.05) is 18.2 Å². The third-order valence-electron chi connectivity index (χ3n) is 5.99. The Labute approximate surface area is 196 Å². The summed E-state index contributed by atoms with van der Waals surface area (Å²) in [5, 5.41) is 7.03. The van der Waals surface area contributed by atoms with Crippen LogP contribution in [0, 0.1) is 0 Å². The maximum Gasteiger partial charge on any atom is 0.259 e. The maximum atomic E-state index is 13.6. The second-order valence-electron chi connectivity index (χ2n) is 8.33. The average molecular weight is 454 g/mol. The van der Waals surface area contributed by atoms with E-state index in [0.29, 0.717) is 22.5 Å². The average Bonchev–Trinajstić information content (AvgIpc) is 3.61. The van der Waals surface area contributed by atoms with Crippen molar-refractivity contribution in [2.45, 2.75) is 25.8 Å². The summed E-state index contributed by atoms with van der Waals surface area (Å²) in [6.07, 6.45) is 6.86. The summed E-state index contributed by atoms with van der Waals surface area (Å²) in [5.41, 5.74) is 4.16. The highest BCUT2D eigenvalue weighted by Gasteiger charge is 2.35. The molecule has 1 aliphatic rings. The van der Waals surface area contributed by atoms with Gasteiger partial charge in [0.05, 0.1) is 11.7 Å². The molecular formula is C26H23N5O3. The minimum atomic E-state index is -0.149. The Balaban J connectivity index is 1.49. The van der Waals surface area contributed by atoms with Crippen LogP contribution >= 0.6 is 0 Å². The summed E-state index contributed by atoms with van der Waals surface area (Å²) < 4.78 is 1.72. The lowest BCUT2D eigenvalue weighted by molar-refractivity contribution is 0.0959.